The van der Waals surface area contributed by atoms with Crippen molar-refractivity contribution in [3.63, 3.8) is 0 Å². The second-order valence-electron chi connectivity index (χ2n) is 6.41. The van der Waals surface area contributed by atoms with Crippen LogP contribution in [-0.4, -0.2) is 50.9 Å². The molecule has 0 aromatic heterocycles. The molecule has 0 aliphatic carbocycles. The number of carbonyl (C=O) groups is 3. The fourth-order valence-corrected chi connectivity index (χ4v) is 2.65. The van der Waals surface area contributed by atoms with E-state index in [1.54, 1.807) is 31.2 Å². The molecule has 1 heterocycles. The lowest BCUT2D eigenvalue weighted by atomic mass is 10.1. The van der Waals surface area contributed by atoms with Gasteiger partial charge in [0.25, 0.3) is 0 Å². The Morgan fingerprint density at radius 1 is 1.06 bits per heavy atom. The number of hydrogen-bond acceptors (Lipinski definition) is 7. The van der Waals surface area contributed by atoms with Crippen molar-refractivity contribution >= 4 is 24.0 Å². The zero-order valence-electron chi connectivity index (χ0n) is 18.0. The van der Waals surface area contributed by atoms with Crippen LogP contribution in [0.4, 0.5) is 4.79 Å². The number of nitrogens with one attached hydrogen (secondary N) is 2. The summed E-state index contributed by atoms with van der Waals surface area (Å²) in [6.45, 7) is 6.56. The van der Waals surface area contributed by atoms with Crippen molar-refractivity contribution in [3.8, 4) is 11.5 Å². The lowest BCUT2D eigenvalue weighted by Gasteiger charge is -2.20. The Bertz CT molecular complexity index is 861. The van der Waals surface area contributed by atoms with Gasteiger partial charge in [0.05, 0.1) is 37.6 Å². The van der Waals surface area contributed by atoms with Crippen molar-refractivity contribution < 1.29 is 33.3 Å². The molecule has 0 saturated heterocycles. The van der Waals surface area contributed by atoms with Crippen LogP contribution in [0.15, 0.2) is 35.5 Å². The van der Waals surface area contributed by atoms with Gasteiger partial charge in [0, 0.05) is 6.08 Å². The third-order valence-electron chi connectivity index (χ3n) is 4.08. The first kappa shape index (κ1) is 23.8. The van der Waals surface area contributed by atoms with Crippen LogP contribution in [0.25, 0.3) is 6.08 Å². The van der Waals surface area contributed by atoms with E-state index in [4.69, 9.17) is 18.9 Å². The predicted molar refractivity (Wildman–Crippen MR) is 114 cm³/mol. The van der Waals surface area contributed by atoms with E-state index in [9.17, 15) is 14.4 Å². The fourth-order valence-electron chi connectivity index (χ4n) is 2.65. The van der Waals surface area contributed by atoms with E-state index >= 15 is 0 Å². The minimum absolute atomic E-state index is 0.0000458. The first-order valence-corrected chi connectivity index (χ1v) is 10.2. The molecule has 0 bridgehead atoms. The Kier molecular flexibility index (Phi) is 9.41. The average Bonchev–Trinajstić information content (AvgIpc) is 2.76. The number of benzene rings is 1. The monoisotopic (exact) mass is 432 g/mol. The van der Waals surface area contributed by atoms with Crippen molar-refractivity contribution in [1.82, 2.24) is 10.6 Å². The van der Waals surface area contributed by atoms with E-state index < -0.39 is 18.0 Å². The number of rotatable bonds is 11. The van der Waals surface area contributed by atoms with E-state index in [0.29, 0.717) is 24.7 Å². The minimum atomic E-state index is -0.632. The van der Waals surface area contributed by atoms with Crippen LogP contribution in [-0.2, 0) is 19.1 Å². The standard InChI is InChI=1S/C22H28N2O7/c1-4-11-30-18-9-7-15(12-19(18)28-5-2)8-10-20(25)31-14-17-16(21(26)29-6-3)13-23-22(27)24-17/h7-10,12H,4-6,11,13-14H2,1-3H3,(H2,23,24,27)/b10-8+. The number of amides is 2. The van der Waals surface area contributed by atoms with E-state index in [-0.39, 0.29) is 31.0 Å². The van der Waals surface area contributed by atoms with Crippen molar-refractivity contribution in [1.29, 1.82) is 0 Å². The molecule has 1 aliphatic heterocycles. The summed E-state index contributed by atoms with van der Waals surface area (Å²) in [6, 6.07) is 4.87. The molecule has 9 heteroatoms. The smallest absolute Gasteiger partial charge is 0.337 e. The maximum atomic E-state index is 12.1. The van der Waals surface area contributed by atoms with E-state index in [2.05, 4.69) is 10.6 Å². The van der Waals surface area contributed by atoms with Crippen LogP contribution >= 0.6 is 0 Å². The molecule has 1 aromatic rings. The molecule has 31 heavy (non-hydrogen) atoms. The Balaban J connectivity index is 2.03. The van der Waals surface area contributed by atoms with Gasteiger partial charge in [-0.15, -0.1) is 0 Å². The SMILES string of the molecule is CCCOc1ccc(/C=C/C(=O)OCC2=C(C(=O)OCC)CNC(=O)N2)cc1OCC. The molecular formula is C22H28N2O7. The van der Waals surface area contributed by atoms with Crippen LogP contribution in [0, 0.1) is 0 Å². The van der Waals surface area contributed by atoms with Crippen LogP contribution in [0.5, 0.6) is 11.5 Å². The maximum Gasteiger partial charge on any atom is 0.337 e. The zero-order chi connectivity index (χ0) is 22.6. The van der Waals surface area contributed by atoms with Gasteiger partial charge in [-0.3, -0.25) is 0 Å². The molecule has 1 aromatic carbocycles. The highest BCUT2D eigenvalue weighted by Crippen LogP contribution is 2.29. The second kappa shape index (κ2) is 12.3. The third kappa shape index (κ3) is 7.36. The molecule has 0 atom stereocenters. The van der Waals surface area contributed by atoms with Gasteiger partial charge >= 0.3 is 18.0 Å². The molecule has 0 spiro atoms. The second-order valence-corrected chi connectivity index (χ2v) is 6.41. The third-order valence-corrected chi connectivity index (χ3v) is 4.08. The first-order valence-electron chi connectivity index (χ1n) is 10.2. The number of hydrogen-bond donors (Lipinski definition) is 2. The number of urea groups is 1. The Morgan fingerprint density at radius 3 is 2.58 bits per heavy atom. The van der Waals surface area contributed by atoms with Crippen molar-refractivity contribution in [3.05, 3.63) is 41.1 Å². The molecular weight excluding hydrogens is 404 g/mol. The number of esters is 2. The highest BCUT2D eigenvalue weighted by molar-refractivity contribution is 5.94. The van der Waals surface area contributed by atoms with Crippen LogP contribution in [0.3, 0.4) is 0 Å². The summed E-state index contributed by atoms with van der Waals surface area (Å²) in [5.74, 6) is 0.0230. The summed E-state index contributed by atoms with van der Waals surface area (Å²) in [5, 5.41) is 4.96. The summed E-state index contributed by atoms with van der Waals surface area (Å²) in [6.07, 6.45) is 3.71. The predicted octanol–water partition coefficient (Wildman–Crippen LogP) is 2.56. The van der Waals surface area contributed by atoms with Gasteiger partial charge in [-0.1, -0.05) is 13.0 Å². The van der Waals surface area contributed by atoms with Crippen molar-refractivity contribution in [2.75, 3.05) is 33.0 Å². The largest absolute Gasteiger partial charge is 0.490 e. The van der Waals surface area contributed by atoms with Gasteiger partial charge in [0.15, 0.2) is 11.5 Å². The van der Waals surface area contributed by atoms with Gasteiger partial charge in [-0.2, -0.15) is 0 Å². The Labute approximate surface area is 181 Å². The topological polar surface area (TPSA) is 112 Å². The molecule has 9 nitrogen and oxygen atoms in total. The summed E-state index contributed by atoms with van der Waals surface area (Å²) in [4.78, 5) is 35.7. The molecule has 2 amide bonds. The maximum absolute atomic E-state index is 12.1. The van der Waals surface area contributed by atoms with Crippen molar-refractivity contribution in [2.24, 2.45) is 0 Å². The zero-order valence-corrected chi connectivity index (χ0v) is 18.0. The van der Waals surface area contributed by atoms with Gasteiger partial charge < -0.3 is 29.6 Å². The molecule has 1 aliphatic rings. The Morgan fingerprint density at radius 2 is 1.87 bits per heavy atom. The summed E-state index contributed by atoms with van der Waals surface area (Å²) in [7, 11) is 0. The highest BCUT2D eigenvalue weighted by Gasteiger charge is 2.24. The van der Waals surface area contributed by atoms with Crippen LogP contribution in [0.2, 0.25) is 0 Å². The van der Waals surface area contributed by atoms with Gasteiger partial charge in [0.2, 0.25) is 0 Å². The summed E-state index contributed by atoms with van der Waals surface area (Å²) < 4.78 is 21.4. The fraction of sp³-hybridized carbons (Fsp3) is 0.409. The highest BCUT2D eigenvalue weighted by atomic mass is 16.5. The lowest BCUT2D eigenvalue weighted by molar-refractivity contribution is -0.140. The van der Waals surface area contributed by atoms with Gasteiger partial charge in [-0.05, 0) is 44.0 Å². The Hall–Kier alpha value is -3.49. The van der Waals surface area contributed by atoms with E-state index in [1.165, 1.54) is 6.08 Å². The molecule has 0 unspecified atom stereocenters. The number of carbonyl (C=O) groups excluding carboxylic acids is 3. The van der Waals surface area contributed by atoms with Gasteiger partial charge in [0.1, 0.15) is 6.61 Å². The summed E-state index contributed by atoms with van der Waals surface area (Å²) >= 11 is 0. The van der Waals surface area contributed by atoms with Gasteiger partial charge in [-0.25, -0.2) is 14.4 Å². The minimum Gasteiger partial charge on any atom is -0.490 e. The first-order chi connectivity index (χ1) is 15.0. The average molecular weight is 432 g/mol. The van der Waals surface area contributed by atoms with Crippen LogP contribution in [0.1, 0.15) is 32.8 Å². The normalized spacial score (nSPS) is 13.5. The van der Waals surface area contributed by atoms with Crippen molar-refractivity contribution in [2.45, 2.75) is 27.2 Å². The molecule has 0 radical (unpaired) electrons. The van der Waals surface area contributed by atoms with Crippen LogP contribution < -0.4 is 20.1 Å². The molecule has 0 fully saturated rings. The lowest BCUT2D eigenvalue weighted by Crippen LogP contribution is -2.45. The summed E-state index contributed by atoms with van der Waals surface area (Å²) in [5.41, 5.74) is 1.13. The quantitative estimate of drug-likeness (QED) is 0.408. The van der Waals surface area contributed by atoms with E-state index in [1.807, 2.05) is 13.8 Å². The van der Waals surface area contributed by atoms with E-state index in [0.717, 1.165) is 12.0 Å². The molecule has 2 N–H and O–H groups in total. The molecule has 2 rings (SSSR count). The molecule has 0 saturated carbocycles. The molecule has 168 valence electrons. The number of ether oxygens (including phenoxy) is 4.